The molecule has 0 aliphatic rings. The Balaban J connectivity index is 3.23. The lowest BCUT2D eigenvalue weighted by atomic mass is 10.0. The molecule has 0 saturated heterocycles. The van der Waals surface area contributed by atoms with E-state index in [2.05, 4.69) is 0 Å². The maximum atomic E-state index is 13.2. The Bertz CT molecular complexity index is 580. The third kappa shape index (κ3) is 3.37. The van der Waals surface area contributed by atoms with Crippen LogP contribution >= 0.6 is 23.2 Å². The average Bonchev–Trinajstić information content (AvgIpc) is 2.24. The molecule has 0 unspecified atom stereocenters. The molecule has 0 N–H and O–H groups in total. The fourth-order valence-electron chi connectivity index (χ4n) is 1.47. The zero-order valence-electron chi connectivity index (χ0n) is 10.0. The van der Waals surface area contributed by atoms with Crippen molar-refractivity contribution in [3.63, 3.8) is 0 Å². The van der Waals surface area contributed by atoms with Gasteiger partial charge in [-0.1, -0.05) is 23.2 Å². The number of nitro groups is 1. The van der Waals surface area contributed by atoms with Gasteiger partial charge in [0, 0.05) is 6.42 Å². The van der Waals surface area contributed by atoms with Gasteiger partial charge in [-0.3, -0.25) is 10.1 Å². The minimum atomic E-state index is -6.47. The van der Waals surface area contributed by atoms with E-state index in [0.29, 0.717) is 12.1 Å². The van der Waals surface area contributed by atoms with Gasteiger partial charge in [0.25, 0.3) is 0 Å². The topological polar surface area (TPSA) is 43.1 Å². The molecular formula is C10H4Cl2F7NO2. The number of halogens is 9. The highest BCUT2D eigenvalue weighted by Crippen LogP contribution is 2.48. The van der Waals surface area contributed by atoms with Gasteiger partial charge in [0.1, 0.15) is 10.0 Å². The van der Waals surface area contributed by atoms with E-state index in [1.807, 2.05) is 0 Å². The van der Waals surface area contributed by atoms with Gasteiger partial charge in [-0.2, -0.15) is 30.7 Å². The molecule has 0 bridgehead atoms. The van der Waals surface area contributed by atoms with Crippen LogP contribution in [0.4, 0.5) is 36.4 Å². The van der Waals surface area contributed by atoms with Crippen LogP contribution in [-0.4, -0.2) is 22.9 Å². The Labute approximate surface area is 127 Å². The molecule has 124 valence electrons. The fourth-order valence-corrected chi connectivity index (χ4v) is 2.14. The Hall–Kier alpha value is -1.29. The normalized spacial score (nSPS) is 13.3. The standard InChI is InChI=1S/C10H4Cl2F7NO2/c11-5-1-4(2-6(12)7(5)20(21)22)3-8(13,14)9(15,16)10(17,18)19/h1-2H,3H2. The van der Waals surface area contributed by atoms with Crippen LogP contribution < -0.4 is 0 Å². The number of nitro benzene ring substituents is 1. The molecule has 1 aromatic rings. The number of hydrogen-bond acceptors (Lipinski definition) is 2. The van der Waals surface area contributed by atoms with Crippen molar-refractivity contribution in [1.29, 1.82) is 0 Å². The number of nitrogens with zero attached hydrogens (tertiary/aromatic N) is 1. The summed E-state index contributed by atoms with van der Waals surface area (Å²) >= 11 is 10.8. The maximum Gasteiger partial charge on any atom is 0.459 e. The summed E-state index contributed by atoms with van der Waals surface area (Å²) < 4.78 is 87.9. The molecule has 0 heterocycles. The van der Waals surface area contributed by atoms with E-state index in [1.165, 1.54) is 0 Å². The van der Waals surface area contributed by atoms with Crippen molar-refractivity contribution < 1.29 is 35.7 Å². The smallest absolute Gasteiger partial charge is 0.258 e. The number of hydrogen-bond donors (Lipinski definition) is 0. The highest BCUT2D eigenvalue weighted by atomic mass is 35.5. The van der Waals surface area contributed by atoms with Crippen LogP contribution in [0.15, 0.2) is 12.1 Å². The van der Waals surface area contributed by atoms with Crippen molar-refractivity contribution in [3.05, 3.63) is 37.9 Å². The monoisotopic (exact) mass is 373 g/mol. The predicted molar refractivity (Wildman–Crippen MR) is 62.8 cm³/mol. The lowest BCUT2D eigenvalue weighted by molar-refractivity contribution is -0.384. The SMILES string of the molecule is O=[N+]([O-])c1c(Cl)cc(CC(F)(F)C(F)(F)C(F)(F)F)cc1Cl. The highest BCUT2D eigenvalue weighted by Gasteiger charge is 2.72. The van der Waals surface area contributed by atoms with E-state index in [9.17, 15) is 40.8 Å². The molecule has 0 aliphatic carbocycles. The number of benzene rings is 1. The van der Waals surface area contributed by atoms with Gasteiger partial charge in [0.05, 0.1) is 4.92 Å². The zero-order valence-corrected chi connectivity index (χ0v) is 11.5. The second kappa shape index (κ2) is 5.73. The second-order valence-corrected chi connectivity index (χ2v) is 4.93. The Morgan fingerprint density at radius 3 is 1.73 bits per heavy atom. The minimum absolute atomic E-state index is 0.478. The van der Waals surface area contributed by atoms with Crippen molar-refractivity contribution in [3.8, 4) is 0 Å². The van der Waals surface area contributed by atoms with Gasteiger partial charge >= 0.3 is 23.7 Å². The van der Waals surface area contributed by atoms with Crippen LogP contribution in [0.1, 0.15) is 5.56 Å². The molecule has 22 heavy (non-hydrogen) atoms. The summed E-state index contributed by atoms with van der Waals surface area (Å²) in [6.45, 7) is 0. The quantitative estimate of drug-likeness (QED) is 0.409. The molecule has 0 amide bonds. The van der Waals surface area contributed by atoms with Gasteiger partial charge in [-0.05, 0) is 17.7 Å². The molecule has 0 saturated carbocycles. The van der Waals surface area contributed by atoms with E-state index in [0.717, 1.165) is 0 Å². The molecule has 1 rings (SSSR count). The number of rotatable bonds is 4. The van der Waals surface area contributed by atoms with E-state index in [4.69, 9.17) is 23.2 Å². The summed E-state index contributed by atoms with van der Waals surface area (Å²) in [4.78, 5) is 9.49. The van der Waals surface area contributed by atoms with E-state index in [1.54, 1.807) is 0 Å². The molecule has 0 radical (unpaired) electrons. The molecule has 0 atom stereocenters. The molecular weight excluding hydrogens is 370 g/mol. The third-order valence-electron chi connectivity index (χ3n) is 2.50. The molecule has 1 aromatic carbocycles. The van der Waals surface area contributed by atoms with Gasteiger partial charge in [-0.15, -0.1) is 0 Å². The summed E-state index contributed by atoms with van der Waals surface area (Å²) in [5, 5.41) is 9.02. The van der Waals surface area contributed by atoms with Crippen molar-refractivity contribution >= 4 is 28.9 Å². The average molecular weight is 374 g/mol. The highest BCUT2D eigenvalue weighted by molar-refractivity contribution is 6.38. The molecule has 0 aliphatic heterocycles. The summed E-state index contributed by atoms with van der Waals surface area (Å²) in [6, 6.07) is 0.956. The Kier molecular flexibility index (Phi) is 4.88. The first kappa shape index (κ1) is 18.8. The van der Waals surface area contributed by atoms with Gasteiger partial charge in [-0.25, -0.2) is 0 Å². The van der Waals surface area contributed by atoms with Gasteiger partial charge in [0.15, 0.2) is 0 Å². The molecule has 3 nitrogen and oxygen atoms in total. The van der Waals surface area contributed by atoms with E-state index in [-0.39, 0.29) is 0 Å². The van der Waals surface area contributed by atoms with Crippen molar-refractivity contribution in [1.82, 2.24) is 0 Å². The van der Waals surface area contributed by atoms with Crippen molar-refractivity contribution in [2.45, 2.75) is 24.4 Å². The summed E-state index contributed by atoms with van der Waals surface area (Å²) in [5.74, 6) is -11.8. The van der Waals surface area contributed by atoms with Crippen LogP contribution in [0.3, 0.4) is 0 Å². The summed E-state index contributed by atoms with van der Waals surface area (Å²) in [7, 11) is 0. The van der Waals surface area contributed by atoms with Gasteiger partial charge in [0.2, 0.25) is 0 Å². The first-order valence-electron chi connectivity index (χ1n) is 5.15. The van der Waals surface area contributed by atoms with Crippen LogP contribution in [0, 0.1) is 10.1 Å². The van der Waals surface area contributed by atoms with Crippen LogP contribution in [0.25, 0.3) is 0 Å². The first-order chi connectivity index (χ1) is 9.70. The first-order valence-corrected chi connectivity index (χ1v) is 5.91. The zero-order chi connectivity index (χ0) is 17.5. The van der Waals surface area contributed by atoms with Crippen molar-refractivity contribution in [2.75, 3.05) is 0 Å². The fraction of sp³-hybridized carbons (Fsp3) is 0.400. The van der Waals surface area contributed by atoms with Gasteiger partial charge < -0.3 is 0 Å². The maximum absolute atomic E-state index is 13.2. The molecule has 0 aromatic heterocycles. The van der Waals surface area contributed by atoms with Crippen molar-refractivity contribution in [2.24, 2.45) is 0 Å². The summed E-state index contributed by atoms with van der Waals surface area (Å²) in [6.07, 6.45) is -8.53. The molecule has 0 spiro atoms. The lowest BCUT2D eigenvalue weighted by Crippen LogP contribution is -2.53. The third-order valence-corrected chi connectivity index (χ3v) is 3.08. The summed E-state index contributed by atoms with van der Waals surface area (Å²) in [5.41, 5.74) is -1.69. The van der Waals surface area contributed by atoms with E-state index < -0.39 is 50.7 Å². The van der Waals surface area contributed by atoms with E-state index >= 15 is 0 Å². The minimum Gasteiger partial charge on any atom is -0.258 e. The largest absolute Gasteiger partial charge is 0.459 e. The Morgan fingerprint density at radius 2 is 1.41 bits per heavy atom. The molecule has 0 fully saturated rings. The second-order valence-electron chi connectivity index (χ2n) is 4.12. The predicted octanol–water partition coefficient (Wildman–Crippen LogP) is 5.28. The molecule has 12 heteroatoms. The van der Waals surface area contributed by atoms with Crippen LogP contribution in [0.2, 0.25) is 10.0 Å². The van der Waals surface area contributed by atoms with Crippen LogP contribution in [-0.2, 0) is 6.42 Å². The lowest BCUT2D eigenvalue weighted by Gasteiger charge is -2.28. The Morgan fingerprint density at radius 1 is 1.00 bits per heavy atom. The number of alkyl halides is 7. The van der Waals surface area contributed by atoms with Crippen LogP contribution in [0.5, 0.6) is 0 Å².